The number of rotatable bonds is 3. The zero-order valence-corrected chi connectivity index (χ0v) is 15.9. The van der Waals surface area contributed by atoms with Gasteiger partial charge in [0.05, 0.1) is 12.3 Å². The summed E-state index contributed by atoms with van der Waals surface area (Å²) in [6, 6.07) is 17.2. The molecule has 2 aliphatic rings. The van der Waals surface area contributed by atoms with Gasteiger partial charge in [-0.3, -0.25) is 4.98 Å². The van der Waals surface area contributed by atoms with Gasteiger partial charge in [0.1, 0.15) is 5.75 Å². The molecule has 0 bridgehead atoms. The van der Waals surface area contributed by atoms with Crippen LogP contribution in [-0.2, 0) is 11.8 Å². The van der Waals surface area contributed by atoms with Crippen LogP contribution in [0.2, 0.25) is 0 Å². The van der Waals surface area contributed by atoms with Crippen LogP contribution in [0.4, 0.5) is 0 Å². The van der Waals surface area contributed by atoms with Crippen molar-refractivity contribution in [1.29, 1.82) is 0 Å². The van der Waals surface area contributed by atoms with Crippen LogP contribution in [0.15, 0.2) is 60.8 Å². The molecule has 136 valence electrons. The van der Waals surface area contributed by atoms with E-state index in [0.29, 0.717) is 0 Å². The van der Waals surface area contributed by atoms with Crippen molar-refractivity contribution in [2.75, 3.05) is 6.61 Å². The lowest BCUT2D eigenvalue weighted by atomic mass is 9.77. The van der Waals surface area contributed by atoms with E-state index in [1.807, 2.05) is 6.20 Å². The molecule has 0 saturated carbocycles. The first-order valence-electron chi connectivity index (χ1n) is 10.0. The lowest BCUT2D eigenvalue weighted by molar-refractivity contribution is 0.277. The van der Waals surface area contributed by atoms with Crippen molar-refractivity contribution in [2.45, 2.75) is 44.4 Å². The van der Waals surface area contributed by atoms with Crippen molar-refractivity contribution < 1.29 is 4.74 Å². The topological polar surface area (TPSA) is 22.1 Å². The Morgan fingerprint density at radius 2 is 1.89 bits per heavy atom. The van der Waals surface area contributed by atoms with E-state index in [4.69, 9.17) is 9.72 Å². The van der Waals surface area contributed by atoms with E-state index in [9.17, 15) is 0 Å². The maximum absolute atomic E-state index is 6.05. The number of nitrogens with zero attached hydrogens (tertiary/aromatic N) is 1. The number of para-hydroxylation sites is 1. The highest BCUT2D eigenvalue weighted by molar-refractivity contribution is 5.89. The number of allylic oxidation sites excluding steroid dienone is 2. The normalized spacial score (nSPS) is 21.6. The van der Waals surface area contributed by atoms with Crippen molar-refractivity contribution in [3.05, 3.63) is 77.6 Å². The van der Waals surface area contributed by atoms with E-state index in [-0.39, 0.29) is 5.41 Å². The fraction of sp³-hybridized carbons (Fsp3) is 0.320. The molecular weight excluding hydrogens is 330 g/mol. The van der Waals surface area contributed by atoms with Gasteiger partial charge in [-0.1, -0.05) is 55.5 Å². The third-order valence-corrected chi connectivity index (χ3v) is 6.15. The van der Waals surface area contributed by atoms with Gasteiger partial charge in [0, 0.05) is 22.6 Å². The lowest BCUT2D eigenvalue weighted by Crippen LogP contribution is -2.27. The summed E-state index contributed by atoms with van der Waals surface area (Å²) in [5, 5.41) is 2.56. The average molecular weight is 355 g/mol. The van der Waals surface area contributed by atoms with Gasteiger partial charge in [0.15, 0.2) is 0 Å². The lowest BCUT2D eigenvalue weighted by Gasteiger charge is -2.26. The number of hydrogen-bond acceptors (Lipinski definition) is 2. The zero-order chi connectivity index (χ0) is 18.3. The number of ether oxygens (including phenoxy) is 1. The van der Waals surface area contributed by atoms with E-state index in [1.165, 1.54) is 52.4 Å². The summed E-state index contributed by atoms with van der Waals surface area (Å²) in [4.78, 5) is 4.95. The quantitative estimate of drug-likeness (QED) is 0.567. The second-order valence-electron chi connectivity index (χ2n) is 8.17. The van der Waals surface area contributed by atoms with Gasteiger partial charge >= 0.3 is 0 Å². The fourth-order valence-corrected chi connectivity index (χ4v) is 4.68. The Balaban J connectivity index is 1.66. The van der Waals surface area contributed by atoms with Gasteiger partial charge in [0.2, 0.25) is 0 Å². The molecule has 0 N–H and O–H groups in total. The molecule has 27 heavy (non-hydrogen) atoms. The Morgan fingerprint density at radius 3 is 2.78 bits per heavy atom. The van der Waals surface area contributed by atoms with E-state index < -0.39 is 0 Å². The maximum Gasteiger partial charge on any atom is 0.123 e. The van der Waals surface area contributed by atoms with Gasteiger partial charge in [-0.15, -0.1) is 0 Å². The molecule has 0 radical (unpaired) electrons. The van der Waals surface area contributed by atoms with E-state index in [0.717, 1.165) is 25.2 Å². The average Bonchev–Trinajstić information content (AvgIpc) is 3.06. The van der Waals surface area contributed by atoms with Crippen molar-refractivity contribution >= 4 is 16.3 Å². The summed E-state index contributed by atoms with van der Waals surface area (Å²) in [6.45, 7) is 3.06. The molecule has 0 saturated heterocycles. The molecule has 1 aromatic heterocycles. The van der Waals surface area contributed by atoms with Crippen molar-refractivity contribution in [2.24, 2.45) is 0 Å². The molecule has 5 rings (SSSR count). The fourth-order valence-electron chi connectivity index (χ4n) is 4.68. The molecule has 1 aliphatic carbocycles. The summed E-state index contributed by atoms with van der Waals surface area (Å²) in [5.74, 6) is 1.03. The second kappa shape index (κ2) is 6.53. The van der Waals surface area contributed by atoms with Crippen LogP contribution >= 0.6 is 0 Å². The molecule has 2 nitrogen and oxygen atoms in total. The Bertz CT molecular complexity index is 1040. The van der Waals surface area contributed by atoms with E-state index >= 15 is 0 Å². The standard InChI is InChI=1S/C25H25NO/c1-25(17-27-23-14-8-7-13-22(23)25)15-21-20-12-6-5-11-19(20)16-26-24(21)18-9-3-2-4-10-18/h5-9,11-14,16H,2-4,10,15,17H2,1H3. The van der Waals surface area contributed by atoms with Gasteiger partial charge in [-0.05, 0) is 54.7 Å². The van der Waals surface area contributed by atoms with Crippen molar-refractivity contribution in [3.8, 4) is 5.75 Å². The largest absolute Gasteiger partial charge is 0.492 e. The molecule has 1 atom stereocenters. The molecule has 1 aliphatic heterocycles. The Kier molecular flexibility index (Phi) is 4.00. The van der Waals surface area contributed by atoms with Gasteiger partial charge in [-0.25, -0.2) is 0 Å². The number of benzene rings is 2. The molecule has 3 aromatic rings. The van der Waals surface area contributed by atoms with Crippen LogP contribution in [0.3, 0.4) is 0 Å². The van der Waals surface area contributed by atoms with E-state index in [2.05, 4.69) is 61.5 Å². The van der Waals surface area contributed by atoms with Crippen LogP contribution in [0.1, 0.15) is 49.4 Å². The smallest absolute Gasteiger partial charge is 0.123 e. The Morgan fingerprint density at radius 1 is 1.04 bits per heavy atom. The predicted octanol–water partition coefficient (Wildman–Crippen LogP) is 6.09. The molecule has 2 heterocycles. The van der Waals surface area contributed by atoms with Crippen LogP contribution in [0, 0.1) is 0 Å². The summed E-state index contributed by atoms with van der Waals surface area (Å²) in [6.07, 6.45) is 10.3. The van der Waals surface area contributed by atoms with Crippen LogP contribution in [0.25, 0.3) is 16.3 Å². The van der Waals surface area contributed by atoms with Crippen molar-refractivity contribution in [1.82, 2.24) is 4.98 Å². The first-order valence-corrected chi connectivity index (χ1v) is 10.0. The Hall–Kier alpha value is -2.61. The first kappa shape index (κ1) is 16.6. The minimum absolute atomic E-state index is 0.0215. The Labute approximate surface area is 160 Å². The first-order chi connectivity index (χ1) is 13.2. The summed E-state index contributed by atoms with van der Waals surface area (Å²) in [7, 11) is 0. The van der Waals surface area contributed by atoms with Gasteiger partial charge < -0.3 is 4.74 Å². The third kappa shape index (κ3) is 2.84. The summed E-state index contributed by atoms with van der Waals surface area (Å²) >= 11 is 0. The highest BCUT2D eigenvalue weighted by atomic mass is 16.5. The van der Waals surface area contributed by atoms with E-state index in [1.54, 1.807) is 0 Å². The number of pyridine rings is 1. The number of fused-ring (bicyclic) bond motifs is 2. The predicted molar refractivity (Wildman–Crippen MR) is 111 cm³/mol. The highest BCUT2D eigenvalue weighted by Crippen LogP contribution is 2.43. The van der Waals surface area contributed by atoms with Gasteiger partial charge in [0.25, 0.3) is 0 Å². The van der Waals surface area contributed by atoms with Crippen LogP contribution < -0.4 is 4.74 Å². The monoisotopic (exact) mass is 355 g/mol. The van der Waals surface area contributed by atoms with Crippen LogP contribution in [-0.4, -0.2) is 11.6 Å². The molecule has 2 heteroatoms. The molecule has 1 unspecified atom stereocenters. The van der Waals surface area contributed by atoms with Crippen LogP contribution in [0.5, 0.6) is 5.75 Å². The number of aromatic nitrogens is 1. The molecule has 2 aromatic carbocycles. The minimum atomic E-state index is -0.0215. The maximum atomic E-state index is 6.05. The molecule has 0 amide bonds. The van der Waals surface area contributed by atoms with Crippen molar-refractivity contribution in [3.63, 3.8) is 0 Å². The highest BCUT2D eigenvalue weighted by Gasteiger charge is 2.37. The second-order valence-corrected chi connectivity index (χ2v) is 8.17. The molecular formula is C25H25NO. The van der Waals surface area contributed by atoms with Gasteiger partial charge in [-0.2, -0.15) is 0 Å². The minimum Gasteiger partial charge on any atom is -0.492 e. The molecule has 0 fully saturated rings. The summed E-state index contributed by atoms with van der Waals surface area (Å²) in [5.41, 5.74) is 5.31. The third-order valence-electron chi connectivity index (χ3n) is 6.15. The summed E-state index contributed by atoms with van der Waals surface area (Å²) < 4.78 is 6.05. The number of hydrogen-bond donors (Lipinski definition) is 0. The SMILES string of the molecule is CC1(Cc2c(C3=CCCCC3)ncc3ccccc23)COc2ccccc21. The molecule has 0 spiro atoms. The zero-order valence-electron chi connectivity index (χ0n) is 15.9.